The first-order valence-corrected chi connectivity index (χ1v) is 33.6. The predicted octanol–water partition coefficient (Wildman–Crippen LogP) is 24.0. The molecular formula is C90H70N4O3. The van der Waals surface area contributed by atoms with Crippen molar-refractivity contribution < 1.29 is 18.1 Å². The van der Waals surface area contributed by atoms with E-state index in [1.54, 1.807) is 0 Å². The van der Waals surface area contributed by atoms with Crippen molar-refractivity contribution in [3.63, 3.8) is 0 Å². The van der Waals surface area contributed by atoms with E-state index in [0.717, 1.165) is 155 Å². The van der Waals surface area contributed by atoms with Crippen LogP contribution in [-0.2, 0) is 16.2 Å². The van der Waals surface area contributed by atoms with E-state index in [0.29, 0.717) is 11.5 Å². The lowest BCUT2D eigenvalue weighted by atomic mass is 9.78. The van der Waals surface area contributed by atoms with Gasteiger partial charge in [-0.25, -0.2) is 4.98 Å². The SMILES string of the molecule is CC(C)(C)c1cc(-c2ccc3c(c2)-c2cccc(-c4ccc5oc6ccccc6c5c4)c2-[n+]2[c-]n(-c4cccc(Oc5ccc6c7ccccc7n(-c7cc(C(C)(C)C)ccn7)c6c5)c4)c4cc(-c5ccc6oc7ccccc7c6c5)cc(c42)-c2ccccc2-3)cc(C(C)(C)C)c1. The van der Waals surface area contributed by atoms with Crippen LogP contribution in [0.1, 0.15) is 79.0 Å². The molecule has 7 nitrogen and oxygen atoms in total. The Bertz CT molecular complexity index is 6090. The predicted molar refractivity (Wildman–Crippen MR) is 399 cm³/mol. The molecule has 0 unspecified atom stereocenters. The zero-order valence-electron chi connectivity index (χ0n) is 55.8. The average molecular weight is 1260 g/mol. The fraction of sp³-hybridized carbons (Fsp3) is 0.133. The highest BCUT2D eigenvalue weighted by molar-refractivity contribution is 6.11. The molecule has 1 aliphatic rings. The van der Waals surface area contributed by atoms with E-state index >= 15 is 0 Å². The van der Waals surface area contributed by atoms with Gasteiger partial charge in [0, 0.05) is 44.6 Å². The van der Waals surface area contributed by atoms with Gasteiger partial charge in [-0.1, -0.05) is 214 Å². The maximum atomic E-state index is 7.11. The van der Waals surface area contributed by atoms with E-state index in [1.807, 2.05) is 30.5 Å². The van der Waals surface area contributed by atoms with E-state index < -0.39 is 0 Å². The molecule has 7 heteroatoms. The maximum Gasteiger partial charge on any atom is 0.269 e. The Morgan fingerprint density at radius 1 is 0.351 bits per heavy atom. The van der Waals surface area contributed by atoms with E-state index in [9.17, 15) is 0 Å². The fourth-order valence-corrected chi connectivity index (χ4v) is 14.9. The zero-order chi connectivity index (χ0) is 65.8. The van der Waals surface area contributed by atoms with E-state index in [-0.39, 0.29) is 16.2 Å². The normalized spacial score (nSPS) is 12.6. The van der Waals surface area contributed by atoms with Gasteiger partial charge in [0.05, 0.1) is 33.4 Å². The lowest BCUT2D eigenvalue weighted by molar-refractivity contribution is -0.570. The Balaban J connectivity index is 0.901. The Hall–Kier alpha value is -11.5. The minimum Gasteiger partial charge on any atom is -0.458 e. The second kappa shape index (κ2) is 21.5. The molecule has 0 saturated heterocycles. The van der Waals surface area contributed by atoms with Gasteiger partial charge in [-0.2, -0.15) is 0 Å². The summed E-state index contributed by atoms with van der Waals surface area (Å²) in [5.74, 6) is 2.26. The van der Waals surface area contributed by atoms with Crippen molar-refractivity contribution in [3.05, 3.63) is 284 Å². The van der Waals surface area contributed by atoms with Crippen molar-refractivity contribution in [2.45, 2.75) is 78.6 Å². The third-order valence-corrected chi connectivity index (χ3v) is 20.0. The van der Waals surface area contributed by atoms with Gasteiger partial charge >= 0.3 is 0 Å². The first kappa shape index (κ1) is 58.1. The minimum atomic E-state index is -0.0764. The summed E-state index contributed by atoms with van der Waals surface area (Å²) in [6, 6.07) is 92.7. The average Bonchev–Trinajstić information content (AvgIpc) is 1.60. The van der Waals surface area contributed by atoms with Crippen molar-refractivity contribution in [3.8, 4) is 95.5 Å². The van der Waals surface area contributed by atoms with E-state index in [4.69, 9.17) is 18.6 Å². The number of hydrogen-bond acceptors (Lipinski definition) is 4. The highest BCUT2D eigenvalue weighted by Crippen LogP contribution is 2.49. The van der Waals surface area contributed by atoms with Crippen LogP contribution < -0.4 is 9.30 Å². The van der Waals surface area contributed by atoms with Crippen LogP contribution in [0.25, 0.3) is 161 Å². The summed E-state index contributed by atoms with van der Waals surface area (Å²) in [5, 5.41) is 6.56. The topological polar surface area (TPSA) is 62.1 Å². The molecule has 0 N–H and O–H groups in total. The molecular weight excluding hydrogens is 1190 g/mol. The molecule has 18 rings (SSSR count). The molecule has 6 heterocycles. The lowest BCUT2D eigenvalue weighted by Crippen LogP contribution is -2.32. The van der Waals surface area contributed by atoms with E-state index in [2.05, 4.69) is 313 Å². The van der Waals surface area contributed by atoms with Crippen molar-refractivity contribution >= 4 is 76.7 Å². The molecule has 0 radical (unpaired) electrons. The molecule has 468 valence electrons. The van der Waals surface area contributed by atoms with Crippen LogP contribution in [0.3, 0.4) is 0 Å². The first-order valence-electron chi connectivity index (χ1n) is 33.6. The number of aromatic nitrogens is 4. The molecule has 0 aliphatic carbocycles. The van der Waals surface area contributed by atoms with Gasteiger partial charge < -0.3 is 13.6 Å². The van der Waals surface area contributed by atoms with E-state index in [1.165, 1.54) is 22.3 Å². The summed E-state index contributed by atoms with van der Waals surface area (Å²) < 4.78 is 27.0. The summed E-state index contributed by atoms with van der Waals surface area (Å²) in [4.78, 5) is 4.99. The number of nitrogens with zero attached hydrogens (tertiary/aromatic N) is 4. The number of rotatable bonds is 7. The van der Waals surface area contributed by atoms with Gasteiger partial charge in [-0.05, 0) is 197 Å². The molecule has 0 saturated carbocycles. The summed E-state index contributed by atoms with van der Waals surface area (Å²) in [7, 11) is 0. The molecule has 0 atom stereocenters. The fourth-order valence-electron chi connectivity index (χ4n) is 14.9. The largest absolute Gasteiger partial charge is 0.458 e. The second-order valence-corrected chi connectivity index (χ2v) is 29.4. The first-order chi connectivity index (χ1) is 46.9. The van der Waals surface area contributed by atoms with Crippen LogP contribution in [0.5, 0.6) is 11.5 Å². The summed E-state index contributed by atoms with van der Waals surface area (Å²) in [5.41, 5.74) is 26.2. The molecule has 12 aromatic carbocycles. The highest BCUT2D eigenvalue weighted by Gasteiger charge is 2.30. The van der Waals surface area contributed by atoms with Crippen molar-refractivity contribution in [2.75, 3.05) is 0 Å². The van der Waals surface area contributed by atoms with Crippen molar-refractivity contribution in [2.24, 2.45) is 0 Å². The molecule has 0 spiro atoms. The smallest absolute Gasteiger partial charge is 0.269 e. The Labute approximate surface area is 563 Å². The highest BCUT2D eigenvalue weighted by atomic mass is 16.5. The number of para-hydroxylation sites is 4. The molecule has 0 fully saturated rings. The molecule has 0 bridgehead atoms. The second-order valence-electron chi connectivity index (χ2n) is 29.4. The number of imidazole rings is 1. The van der Waals surface area contributed by atoms with Crippen LogP contribution in [0.4, 0.5) is 0 Å². The van der Waals surface area contributed by atoms with Gasteiger partial charge in [0.2, 0.25) is 0 Å². The van der Waals surface area contributed by atoms with Gasteiger partial charge in [-0.3, -0.25) is 13.7 Å². The molecule has 1 aliphatic heterocycles. The lowest BCUT2D eigenvalue weighted by Gasteiger charge is -2.26. The standard InChI is InChI=1S/C90H70N4O3/c1-88(2,3)59-40-41-91-85(50-59)94-78-29-15-12-24-69(78)70-37-35-64(52-79(70)94)95-63-21-18-20-62(51-63)92-53-93-86-65(56-34-39-84-76(46-56)72-26-14-17-31-82(72)97-84)27-19-28-73(86)74-44-54(57-42-60(89(4,5)6)49-61(43-57)90(7,8)9)32-36-68(74)66-22-10-11-23-67(66)77-47-58(48-80(92)87(77)93)55-33-38-83-75(45-55)71-25-13-16-30-81(71)96-83/h10-52H,1-9H3. The van der Waals surface area contributed by atoms with Gasteiger partial charge in [0.25, 0.3) is 6.33 Å². The maximum absolute atomic E-state index is 7.11. The molecule has 0 amide bonds. The molecule has 17 aromatic rings. The van der Waals surface area contributed by atoms with Gasteiger partial charge in [0.15, 0.2) is 0 Å². The number of fused-ring (bicyclic) bond motifs is 16. The monoisotopic (exact) mass is 1250 g/mol. The molecule has 97 heavy (non-hydrogen) atoms. The number of pyridine rings is 1. The summed E-state index contributed by atoms with van der Waals surface area (Å²) >= 11 is 0. The van der Waals surface area contributed by atoms with Crippen LogP contribution >= 0.6 is 0 Å². The van der Waals surface area contributed by atoms with Crippen LogP contribution in [0.2, 0.25) is 0 Å². The third kappa shape index (κ3) is 9.61. The Morgan fingerprint density at radius 2 is 0.897 bits per heavy atom. The van der Waals surface area contributed by atoms with Crippen LogP contribution in [0, 0.1) is 6.33 Å². The zero-order valence-corrected chi connectivity index (χ0v) is 55.8. The van der Waals surface area contributed by atoms with Crippen LogP contribution in [-0.4, -0.2) is 14.1 Å². The van der Waals surface area contributed by atoms with Gasteiger partial charge in [-0.15, -0.1) is 0 Å². The van der Waals surface area contributed by atoms with Crippen molar-refractivity contribution in [1.82, 2.24) is 14.1 Å². The summed E-state index contributed by atoms with van der Waals surface area (Å²) in [6.45, 7) is 20.6. The van der Waals surface area contributed by atoms with Crippen LogP contribution in [0.15, 0.2) is 270 Å². The number of ether oxygens (including phenoxy) is 1. The summed E-state index contributed by atoms with van der Waals surface area (Å²) in [6.07, 6.45) is 6.09. The van der Waals surface area contributed by atoms with Gasteiger partial charge in [0.1, 0.15) is 39.6 Å². The number of furan rings is 2. The third-order valence-electron chi connectivity index (χ3n) is 20.0. The Kier molecular flexibility index (Phi) is 12.9. The van der Waals surface area contributed by atoms with Crippen molar-refractivity contribution in [1.29, 1.82) is 0 Å². The Morgan fingerprint density at radius 3 is 1.62 bits per heavy atom. The number of hydrogen-bond donors (Lipinski definition) is 0. The quantitative estimate of drug-likeness (QED) is 0.118. The molecule has 5 aromatic heterocycles. The minimum absolute atomic E-state index is 0.0620. The number of benzene rings is 12.